The first-order valence-electron chi connectivity index (χ1n) is 9.56. The molecule has 2 amide bonds. The van der Waals surface area contributed by atoms with Gasteiger partial charge in [0.05, 0.1) is 24.7 Å². The fourth-order valence-corrected chi connectivity index (χ4v) is 3.64. The van der Waals surface area contributed by atoms with E-state index >= 15 is 0 Å². The molecule has 29 heavy (non-hydrogen) atoms. The predicted octanol–water partition coefficient (Wildman–Crippen LogP) is 3.73. The Labute approximate surface area is 175 Å². The standard InChI is InChI=1S/C22H25ClN2O4/c1-4-29-21-18(23)9-15(10-19(21)28-3)12-24-22(27)16-11-20(26)25(13-16)17-7-5-14(2)6-8-17/h5-10,16H,4,11-13H2,1-3H3,(H,24,27). The van der Waals surface area contributed by atoms with Crippen LogP contribution in [0.5, 0.6) is 11.5 Å². The SMILES string of the molecule is CCOc1c(Cl)cc(CNC(=O)C2CC(=O)N(c3ccc(C)cc3)C2)cc1OC. The van der Waals surface area contributed by atoms with Crippen LogP contribution in [0.1, 0.15) is 24.5 Å². The third-order valence-electron chi connectivity index (χ3n) is 4.89. The van der Waals surface area contributed by atoms with E-state index < -0.39 is 0 Å². The van der Waals surface area contributed by atoms with Crippen LogP contribution in [0.3, 0.4) is 0 Å². The van der Waals surface area contributed by atoms with Gasteiger partial charge in [0, 0.05) is 25.2 Å². The summed E-state index contributed by atoms with van der Waals surface area (Å²) in [6.07, 6.45) is 0.201. The van der Waals surface area contributed by atoms with Gasteiger partial charge in [0.15, 0.2) is 11.5 Å². The molecule has 2 aromatic rings. The minimum atomic E-state index is -0.385. The number of halogens is 1. The summed E-state index contributed by atoms with van der Waals surface area (Å²) in [5.74, 6) is 0.424. The topological polar surface area (TPSA) is 67.9 Å². The second-order valence-corrected chi connectivity index (χ2v) is 7.41. The second kappa shape index (κ2) is 9.18. The quantitative estimate of drug-likeness (QED) is 0.746. The van der Waals surface area contributed by atoms with Gasteiger partial charge in [0.2, 0.25) is 11.8 Å². The Morgan fingerprint density at radius 2 is 2.00 bits per heavy atom. The van der Waals surface area contributed by atoms with Gasteiger partial charge in [-0.1, -0.05) is 29.3 Å². The summed E-state index contributed by atoms with van der Waals surface area (Å²) in [4.78, 5) is 26.7. The monoisotopic (exact) mass is 416 g/mol. The van der Waals surface area contributed by atoms with E-state index in [-0.39, 0.29) is 30.7 Å². The molecule has 7 heteroatoms. The minimum absolute atomic E-state index is 0.0419. The summed E-state index contributed by atoms with van der Waals surface area (Å²) in [5.41, 5.74) is 2.74. The molecule has 1 heterocycles. The molecule has 0 spiro atoms. The summed E-state index contributed by atoms with van der Waals surface area (Å²) in [6, 6.07) is 11.3. The van der Waals surface area contributed by atoms with Gasteiger partial charge in [-0.15, -0.1) is 0 Å². The molecule has 0 aromatic heterocycles. The first-order chi connectivity index (χ1) is 13.9. The maximum Gasteiger partial charge on any atom is 0.227 e. The number of methoxy groups -OCH3 is 1. The Morgan fingerprint density at radius 3 is 2.66 bits per heavy atom. The average molecular weight is 417 g/mol. The van der Waals surface area contributed by atoms with Crippen LogP contribution in [0.25, 0.3) is 0 Å². The number of aryl methyl sites for hydroxylation is 1. The van der Waals surface area contributed by atoms with Crippen LogP contribution < -0.4 is 19.7 Å². The molecule has 3 rings (SSSR count). The molecule has 154 valence electrons. The molecule has 1 unspecified atom stereocenters. The van der Waals surface area contributed by atoms with E-state index in [0.717, 1.165) is 16.8 Å². The Morgan fingerprint density at radius 1 is 1.28 bits per heavy atom. The van der Waals surface area contributed by atoms with Gasteiger partial charge < -0.3 is 19.7 Å². The summed E-state index contributed by atoms with van der Waals surface area (Å²) < 4.78 is 10.8. The van der Waals surface area contributed by atoms with Crippen molar-refractivity contribution in [2.45, 2.75) is 26.8 Å². The highest BCUT2D eigenvalue weighted by Gasteiger charge is 2.35. The number of hydrogen-bond donors (Lipinski definition) is 1. The van der Waals surface area contributed by atoms with E-state index in [1.54, 1.807) is 24.1 Å². The van der Waals surface area contributed by atoms with Crippen molar-refractivity contribution in [1.82, 2.24) is 5.32 Å². The van der Waals surface area contributed by atoms with Crippen LogP contribution in [0.15, 0.2) is 36.4 Å². The lowest BCUT2D eigenvalue weighted by Gasteiger charge is -2.17. The molecule has 1 aliphatic heterocycles. The highest BCUT2D eigenvalue weighted by atomic mass is 35.5. The number of nitrogens with one attached hydrogen (secondary N) is 1. The van der Waals surface area contributed by atoms with Gasteiger partial charge in [0.25, 0.3) is 0 Å². The van der Waals surface area contributed by atoms with Crippen molar-refractivity contribution in [1.29, 1.82) is 0 Å². The maximum atomic E-state index is 12.6. The first kappa shape index (κ1) is 21.0. The number of nitrogens with zero attached hydrogens (tertiary/aromatic N) is 1. The molecule has 1 fully saturated rings. The van der Waals surface area contributed by atoms with Crippen LogP contribution >= 0.6 is 11.6 Å². The summed E-state index contributed by atoms with van der Waals surface area (Å²) in [6.45, 7) is 5.00. The van der Waals surface area contributed by atoms with Crippen LogP contribution in [-0.4, -0.2) is 32.1 Å². The van der Waals surface area contributed by atoms with Gasteiger partial charge in [0.1, 0.15) is 0 Å². The lowest BCUT2D eigenvalue weighted by atomic mass is 10.1. The zero-order valence-corrected chi connectivity index (χ0v) is 17.6. The first-order valence-corrected chi connectivity index (χ1v) is 9.94. The lowest BCUT2D eigenvalue weighted by molar-refractivity contribution is -0.126. The van der Waals surface area contributed by atoms with E-state index in [1.807, 2.05) is 38.1 Å². The van der Waals surface area contributed by atoms with E-state index in [1.165, 1.54) is 0 Å². The molecule has 1 aliphatic rings. The van der Waals surface area contributed by atoms with E-state index in [0.29, 0.717) is 29.7 Å². The number of ether oxygens (including phenoxy) is 2. The fraction of sp³-hybridized carbons (Fsp3) is 0.364. The minimum Gasteiger partial charge on any atom is -0.493 e. The van der Waals surface area contributed by atoms with Crippen molar-refractivity contribution < 1.29 is 19.1 Å². The van der Waals surface area contributed by atoms with Crippen molar-refractivity contribution in [3.8, 4) is 11.5 Å². The molecule has 0 bridgehead atoms. The smallest absolute Gasteiger partial charge is 0.227 e. The Bertz CT molecular complexity index is 898. The highest BCUT2D eigenvalue weighted by Crippen LogP contribution is 2.36. The van der Waals surface area contributed by atoms with Gasteiger partial charge in [-0.2, -0.15) is 0 Å². The maximum absolute atomic E-state index is 12.6. The van der Waals surface area contributed by atoms with Crippen molar-refractivity contribution in [2.75, 3.05) is 25.2 Å². The summed E-state index contributed by atoms with van der Waals surface area (Å²) in [7, 11) is 1.54. The van der Waals surface area contributed by atoms with E-state index in [9.17, 15) is 9.59 Å². The molecular weight excluding hydrogens is 392 g/mol. The molecule has 1 saturated heterocycles. The Kier molecular flexibility index (Phi) is 6.64. The van der Waals surface area contributed by atoms with E-state index in [4.69, 9.17) is 21.1 Å². The van der Waals surface area contributed by atoms with E-state index in [2.05, 4.69) is 5.32 Å². The molecule has 0 radical (unpaired) electrons. The predicted molar refractivity (Wildman–Crippen MR) is 113 cm³/mol. The van der Waals surface area contributed by atoms with Gasteiger partial charge >= 0.3 is 0 Å². The number of carbonyl (C=O) groups excluding carboxylic acids is 2. The summed E-state index contributed by atoms with van der Waals surface area (Å²) >= 11 is 6.28. The number of rotatable bonds is 7. The Hall–Kier alpha value is -2.73. The fourth-order valence-electron chi connectivity index (χ4n) is 3.35. The molecule has 1 atom stereocenters. The third kappa shape index (κ3) is 4.82. The van der Waals surface area contributed by atoms with Gasteiger partial charge in [-0.3, -0.25) is 9.59 Å². The molecular formula is C22H25ClN2O4. The largest absolute Gasteiger partial charge is 0.493 e. The normalized spacial score (nSPS) is 16.1. The van der Waals surface area contributed by atoms with Crippen molar-refractivity contribution in [2.24, 2.45) is 5.92 Å². The van der Waals surface area contributed by atoms with Crippen LogP contribution in [-0.2, 0) is 16.1 Å². The molecule has 1 N–H and O–H groups in total. The zero-order chi connectivity index (χ0) is 21.0. The number of carbonyl (C=O) groups is 2. The number of anilines is 1. The van der Waals surface area contributed by atoms with Crippen molar-refractivity contribution >= 4 is 29.1 Å². The number of benzene rings is 2. The zero-order valence-electron chi connectivity index (χ0n) is 16.8. The van der Waals surface area contributed by atoms with Crippen LogP contribution in [0.2, 0.25) is 5.02 Å². The van der Waals surface area contributed by atoms with Crippen molar-refractivity contribution in [3.05, 3.63) is 52.5 Å². The lowest BCUT2D eigenvalue weighted by Crippen LogP contribution is -2.32. The summed E-state index contributed by atoms with van der Waals surface area (Å²) in [5, 5.41) is 3.33. The highest BCUT2D eigenvalue weighted by molar-refractivity contribution is 6.32. The van der Waals surface area contributed by atoms with Crippen LogP contribution in [0, 0.1) is 12.8 Å². The average Bonchev–Trinajstić information content (AvgIpc) is 3.10. The van der Waals surface area contributed by atoms with Crippen molar-refractivity contribution in [3.63, 3.8) is 0 Å². The second-order valence-electron chi connectivity index (χ2n) is 7.00. The third-order valence-corrected chi connectivity index (χ3v) is 5.17. The Balaban J connectivity index is 1.63. The molecule has 0 aliphatic carbocycles. The molecule has 2 aromatic carbocycles. The van der Waals surface area contributed by atoms with Gasteiger partial charge in [-0.25, -0.2) is 0 Å². The molecule has 0 saturated carbocycles. The van der Waals surface area contributed by atoms with Gasteiger partial charge in [-0.05, 0) is 43.7 Å². The molecule has 6 nitrogen and oxygen atoms in total. The van der Waals surface area contributed by atoms with Crippen LogP contribution in [0.4, 0.5) is 5.69 Å². The number of amides is 2. The number of hydrogen-bond acceptors (Lipinski definition) is 4.